The molecule has 4 nitrogen and oxygen atoms in total. The van der Waals surface area contributed by atoms with Gasteiger partial charge in [-0.1, -0.05) is 48.4 Å². The molecule has 136 valence electrons. The minimum Gasteiger partial charge on any atom is -0.446 e. The van der Waals surface area contributed by atoms with E-state index in [9.17, 15) is 8.42 Å². The Labute approximate surface area is 155 Å². The number of rotatable bonds is 4. The highest BCUT2D eigenvalue weighted by Crippen LogP contribution is 2.25. The van der Waals surface area contributed by atoms with Crippen LogP contribution in [0.4, 0.5) is 0 Å². The summed E-state index contributed by atoms with van der Waals surface area (Å²) in [6.45, 7) is 6.01. The highest BCUT2D eigenvalue weighted by atomic mass is 32.2. The summed E-state index contributed by atoms with van der Waals surface area (Å²) in [5.74, 6) is 0.961. The van der Waals surface area contributed by atoms with Crippen LogP contribution < -0.4 is 0 Å². The monoisotopic (exact) mass is 369 g/mol. The van der Waals surface area contributed by atoms with Gasteiger partial charge in [-0.15, -0.1) is 4.40 Å². The summed E-state index contributed by atoms with van der Waals surface area (Å²) in [5, 5.41) is 0. The first-order valence-corrected chi connectivity index (χ1v) is 10.2. The van der Waals surface area contributed by atoms with Gasteiger partial charge >= 0.3 is 0 Å². The Balaban J connectivity index is 2.01. The van der Waals surface area contributed by atoms with Gasteiger partial charge in [0, 0.05) is 6.42 Å². The van der Waals surface area contributed by atoms with Crippen LogP contribution in [0.5, 0.6) is 0 Å². The lowest BCUT2D eigenvalue weighted by atomic mass is 10.0. The van der Waals surface area contributed by atoms with Crippen molar-refractivity contribution >= 4 is 22.0 Å². The van der Waals surface area contributed by atoms with Crippen molar-refractivity contribution in [3.05, 3.63) is 70.5 Å². The Morgan fingerprint density at radius 2 is 1.73 bits per heavy atom. The van der Waals surface area contributed by atoms with Crippen molar-refractivity contribution < 1.29 is 13.2 Å². The number of nitrogens with zero attached hydrogens (tertiary/aromatic N) is 1. The van der Waals surface area contributed by atoms with Crippen LogP contribution >= 0.6 is 0 Å². The van der Waals surface area contributed by atoms with Crippen LogP contribution in [0, 0.1) is 13.8 Å². The van der Waals surface area contributed by atoms with Crippen LogP contribution in [-0.4, -0.2) is 14.3 Å². The fraction of sp³-hybridized carbons (Fsp3) is 0.286. The maximum atomic E-state index is 12.7. The SMILES string of the molecule is CCCC1=Cc2cc(C)ccc2C/C(=N/S(=O)(=O)c2ccc(C)cc2)O1. The minimum atomic E-state index is -3.81. The second kappa shape index (κ2) is 7.46. The molecule has 2 aromatic rings. The lowest BCUT2D eigenvalue weighted by molar-refractivity contribution is 0.391. The average molecular weight is 369 g/mol. The molecule has 5 heteroatoms. The van der Waals surface area contributed by atoms with Gasteiger partial charge in [-0.3, -0.25) is 0 Å². The zero-order valence-corrected chi connectivity index (χ0v) is 16.1. The molecule has 0 N–H and O–H groups in total. The maximum Gasteiger partial charge on any atom is 0.285 e. The summed E-state index contributed by atoms with van der Waals surface area (Å²) in [4.78, 5) is 0.175. The maximum absolute atomic E-state index is 12.7. The lowest BCUT2D eigenvalue weighted by Crippen LogP contribution is -2.11. The first kappa shape index (κ1) is 18.4. The van der Waals surface area contributed by atoms with Crippen molar-refractivity contribution in [2.24, 2.45) is 4.40 Å². The van der Waals surface area contributed by atoms with E-state index in [0.717, 1.165) is 40.9 Å². The highest BCUT2D eigenvalue weighted by molar-refractivity contribution is 7.90. The summed E-state index contributed by atoms with van der Waals surface area (Å²) in [7, 11) is -3.81. The number of benzene rings is 2. The Bertz CT molecular complexity index is 971. The molecule has 0 aliphatic carbocycles. The first-order valence-electron chi connectivity index (χ1n) is 8.76. The van der Waals surface area contributed by atoms with Gasteiger partial charge in [0.1, 0.15) is 5.76 Å². The van der Waals surface area contributed by atoms with Crippen molar-refractivity contribution in [2.75, 3.05) is 0 Å². The zero-order chi connectivity index (χ0) is 18.7. The van der Waals surface area contributed by atoms with Gasteiger partial charge < -0.3 is 4.74 Å². The van der Waals surface area contributed by atoms with E-state index in [4.69, 9.17) is 4.74 Å². The molecule has 0 aromatic heterocycles. The van der Waals surface area contributed by atoms with Crippen LogP contribution in [0.25, 0.3) is 6.08 Å². The van der Waals surface area contributed by atoms with Gasteiger partial charge in [0.05, 0.1) is 11.3 Å². The largest absolute Gasteiger partial charge is 0.446 e. The number of allylic oxidation sites excluding steroid dienone is 1. The van der Waals surface area contributed by atoms with Crippen molar-refractivity contribution in [2.45, 2.75) is 44.9 Å². The summed E-state index contributed by atoms with van der Waals surface area (Å²) in [5.41, 5.74) is 4.23. The normalized spacial score (nSPS) is 15.8. The molecule has 0 bridgehead atoms. The van der Waals surface area contributed by atoms with Gasteiger partial charge in [-0.25, -0.2) is 0 Å². The third-order valence-electron chi connectivity index (χ3n) is 4.25. The zero-order valence-electron chi connectivity index (χ0n) is 15.3. The molecule has 3 rings (SSSR count). The smallest absolute Gasteiger partial charge is 0.285 e. The number of hydrogen-bond donors (Lipinski definition) is 0. The van der Waals surface area contributed by atoms with Gasteiger partial charge in [-0.2, -0.15) is 8.42 Å². The Morgan fingerprint density at radius 3 is 2.42 bits per heavy atom. The molecular formula is C21H23NO3S. The van der Waals surface area contributed by atoms with Gasteiger partial charge in [0.2, 0.25) is 5.90 Å². The number of ether oxygens (including phenoxy) is 1. The summed E-state index contributed by atoms with van der Waals surface area (Å²) < 4.78 is 35.2. The molecular weight excluding hydrogens is 346 g/mol. The second-order valence-corrected chi connectivity index (χ2v) is 8.22. The molecule has 0 saturated carbocycles. The molecule has 1 heterocycles. The van der Waals surface area contributed by atoms with E-state index in [2.05, 4.69) is 17.4 Å². The first-order chi connectivity index (χ1) is 12.4. The van der Waals surface area contributed by atoms with Crippen LogP contribution in [0.15, 0.2) is 57.5 Å². The quantitative estimate of drug-likeness (QED) is 0.777. The highest BCUT2D eigenvalue weighted by Gasteiger charge is 2.20. The molecule has 1 aliphatic heterocycles. The molecule has 2 aromatic carbocycles. The predicted octanol–water partition coefficient (Wildman–Crippen LogP) is 4.80. The molecule has 0 fully saturated rings. The van der Waals surface area contributed by atoms with Gasteiger partial charge in [-0.05, 0) is 49.6 Å². The summed E-state index contributed by atoms with van der Waals surface area (Å²) in [6.07, 6.45) is 3.99. The van der Waals surface area contributed by atoms with Crippen molar-refractivity contribution in [3.8, 4) is 0 Å². The summed E-state index contributed by atoms with van der Waals surface area (Å²) in [6, 6.07) is 12.8. The van der Waals surface area contributed by atoms with Crippen LogP contribution in [0.2, 0.25) is 0 Å². The number of fused-ring (bicyclic) bond motifs is 1. The standard InChI is InChI=1S/C21H23NO3S/c1-4-5-19-13-18-12-16(3)6-9-17(18)14-21(25-19)22-26(23,24)20-10-7-15(2)8-11-20/h6-13H,4-5,14H2,1-3H3/b22-21-. The molecule has 0 spiro atoms. The number of sulfonamides is 1. The van der Waals surface area contributed by atoms with E-state index in [1.54, 1.807) is 24.3 Å². The van der Waals surface area contributed by atoms with Crippen molar-refractivity contribution in [1.82, 2.24) is 0 Å². The van der Waals surface area contributed by atoms with E-state index >= 15 is 0 Å². The fourth-order valence-electron chi connectivity index (χ4n) is 2.88. The molecule has 0 radical (unpaired) electrons. The van der Waals surface area contributed by atoms with Gasteiger partial charge in [0.25, 0.3) is 10.0 Å². The molecule has 0 saturated heterocycles. The van der Waals surface area contributed by atoms with E-state index in [1.165, 1.54) is 0 Å². The van der Waals surface area contributed by atoms with Gasteiger partial charge in [0.15, 0.2) is 0 Å². The van der Waals surface area contributed by atoms with Crippen molar-refractivity contribution in [3.63, 3.8) is 0 Å². The number of hydrogen-bond acceptors (Lipinski definition) is 3. The minimum absolute atomic E-state index is 0.175. The van der Waals surface area contributed by atoms with Crippen LogP contribution in [0.3, 0.4) is 0 Å². The Morgan fingerprint density at radius 1 is 1.04 bits per heavy atom. The lowest BCUT2D eigenvalue weighted by Gasteiger charge is -2.09. The third kappa shape index (κ3) is 4.22. The van der Waals surface area contributed by atoms with Crippen LogP contribution in [0.1, 0.15) is 42.0 Å². The molecule has 0 unspecified atom stereocenters. The predicted molar refractivity (Wildman–Crippen MR) is 105 cm³/mol. The molecule has 0 atom stereocenters. The second-order valence-electron chi connectivity index (χ2n) is 6.61. The Hall–Kier alpha value is -2.40. The third-order valence-corrected chi connectivity index (χ3v) is 5.56. The Kier molecular flexibility index (Phi) is 5.28. The van der Waals surface area contributed by atoms with Crippen molar-refractivity contribution in [1.29, 1.82) is 0 Å². The fourth-order valence-corrected chi connectivity index (χ4v) is 3.84. The van der Waals surface area contributed by atoms with E-state index in [1.807, 2.05) is 32.1 Å². The average Bonchev–Trinajstić information content (AvgIpc) is 2.73. The molecule has 26 heavy (non-hydrogen) atoms. The topological polar surface area (TPSA) is 55.7 Å². The summed E-state index contributed by atoms with van der Waals surface area (Å²) >= 11 is 0. The molecule has 0 amide bonds. The van der Waals surface area contributed by atoms with Crippen LogP contribution in [-0.2, 0) is 21.2 Å². The van der Waals surface area contributed by atoms with E-state index in [-0.39, 0.29) is 10.8 Å². The number of aryl methyl sites for hydroxylation is 2. The molecule has 1 aliphatic rings. The van der Waals surface area contributed by atoms with E-state index < -0.39 is 10.0 Å². The van der Waals surface area contributed by atoms with E-state index in [0.29, 0.717) is 6.42 Å².